The molecule has 7 nitrogen and oxygen atoms in total. The van der Waals surface area contributed by atoms with Crippen molar-refractivity contribution in [2.45, 2.75) is 32.9 Å². The molecule has 3 heterocycles. The van der Waals surface area contributed by atoms with Crippen LogP contribution in [0.4, 0.5) is 0 Å². The van der Waals surface area contributed by atoms with Crippen molar-refractivity contribution < 1.29 is 9.53 Å². The van der Waals surface area contributed by atoms with Crippen molar-refractivity contribution >= 4 is 17.1 Å². The molecule has 0 atom stereocenters. The average molecular weight is 394 g/mol. The van der Waals surface area contributed by atoms with E-state index in [2.05, 4.69) is 4.98 Å². The number of para-hydroxylation sites is 1. The number of methoxy groups -OCH3 is 1. The van der Waals surface area contributed by atoms with E-state index in [1.807, 2.05) is 42.2 Å². The number of hydrogen-bond donors (Lipinski definition) is 0. The van der Waals surface area contributed by atoms with Crippen LogP contribution in [0, 0.1) is 5.92 Å². The number of rotatable bonds is 5. The molecule has 1 fully saturated rings. The van der Waals surface area contributed by atoms with Gasteiger partial charge in [-0.25, -0.2) is 9.78 Å². The number of imidazole rings is 1. The lowest BCUT2D eigenvalue weighted by Gasteiger charge is -2.32. The van der Waals surface area contributed by atoms with Crippen LogP contribution >= 0.6 is 0 Å². The first-order valence-corrected chi connectivity index (χ1v) is 10.1. The molecule has 1 saturated heterocycles. The topological polar surface area (TPSA) is 69.4 Å². The maximum atomic E-state index is 12.9. The van der Waals surface area contributed by atoms with Crippen LogP contribution in [-0.4, -0.2) is 45.1 Å². The Bertz CT molecular complexity index is 1080. The Morgan fingerprint density at radius 2 is 1.90 bits per heavy atom. The predicted molar refractivity (Wildman–Crippen MR) is 111 cm³/mol. The van der Waals surface area contributed by atoms with Gasteiger partial charge < -0.3 is 9.64 Å². The maximum Gasteiger partial charge on any atom is 0.330 e. The standard InChI is InChI=1S/C22H26N4O3/c1-3-25-18-8-6-12-23-20(18)26(22(25)28)15-16-10-13-24(14-11-16)21(27)17-7-4-5-9-19(17)29-2/h4-9,12,16H,3,10-11,13-15H2,1-2H3. The summed E-state index contributed by atoms with van der Waals surface area (Å²) in [6.45, 7) is 4.59. The third-order valence-electron chi connectivity index (χ3n) is 5.77. The van der Waals surface area contributed by atoms with Gasteiger partial charge in [0.1, 0.15) is 5.75 Å². The Labute approximate surface area is 169 Å². The second-order valence-corrected chi connectivity index (χ2v) is 7.42. The number of benzene rings is 1. The van der Waals surface area contributed by atoms with Gasteiger partial charge in [0.2, 0.25) is 0 Å². The summed E-state index contributed by atoms with van der Waals surface area (Å²) in [6, 6.07) is 11.1. The van der Waals surface area contributed by atoms with Crippen molar-refractivity contribution in [2.24, 2.45) is 5.92 Å². The summed E-state index contributed by atoms with van der Waals surface area (Å²) in [6.07, 6.45) is 3.45. The van der Waals surface area contributed by atoms with Gasteiger partial charge in [-0.05, 0) is 49.9 Å². The molecule has 29 heavy (non-hydrogen) atoms. The molecule has 1 aliphatic heterocycles. The lowest BCUT2D eigenvalue weighted by atomic mass is 9.96. The van der Waals surface area contributed by atoms with E-state index in [0.717, 1.165) is 24.0 Å². The summed E-state index contributed by atoms with van der Waals surface area (Å²) >= 11 is 0. The Morgan fingerprint density at radius 1 is 1.14 bits per heavy atom. The van der Waals surface area contributed by atoms with Crippen LogP contribution in [0.15, 0.2) is 47.4 Å². The monoisotopic (exact) mass is 394 g/mol. The van der Waals surface area contributed by atoms with Gasteiger partial charge in [0.05, 0.1) is 18.2 Å². The van der Waals surface area contributed by atoms with E-state index < -0.39 is 0 Å². The molecule has 3 aromatic rings. The van der Waals surface area contributed by atoms with Crippen molar-refractivity contribution in [1.82, 2.24) is 19.0 Å². The van der Waals surface area contributed by atoms with Crippen LogP contribution in [0.2, 0.25) is 0 Å². The zero-order chi connectivity index (χ0) is 20.4. The summed E-state index contributed by atoms with van der Waals surface area (Å²) in [4.78, 5) is 32.0. The van der Waals surface area contributed by atoms with Crippen LogP contribution < -0.4 is 10.4 Å². The molecular weight excluding hydrogens is 368 g/mol. The fourth-order valence-electron chi connectivity index (χ4n) is 4.19. The fourth-order valence-corrected chi connectivity index (χ4v) is 4.19. The van der Waals surface area contributed by atoms with Crippen LogP contribution in [0.5, 0.6) is 5.75 Å². The van der Waals surface area contributed by atoms with Crippen molar-refractivity contribution in [2.75, 3.05) is 20.2 Å². The zero-order valence-corrected chi connectivity index (χ0v) is 16.9. The van der Waals surface area contributed by atoms with E-state index in [0.29, 0.717) is 43.4 Å². The number of amides is 1. The zero-order valence-electron chi connectivity index (χ0n) is 16.9. The summed E-state index contributed by atoms with van der Waals surface area (Å²) in [5, 5.41) is 0. The van der Waals surface area contributed by atoms with Crippen LogP contribution in [0.1, 0.15) is 30.1 Å². The molecular formula is C22H26N4O3. The molecule has 152 valence electrons. The number of ether oxygens (including phenoxy) is 1. The van der Waals surface area contributed by atoms with Gasteiger partial charge in [0.15, 0.2) is 5.65 Å². The fraction of sp³-hybridized carbons (Fsp3) is 0.409. The molecule has 1 aliphatic rings. The molecule has 4 rings (SSSR count). The van der Waals surface area contributed by atoms with E-state index in [4.69, 9.17) is 4.74 Å². The third kappa shape index (κ3) is 3.52. The van der Waals surface area contributed by atoms with Crippen molar-refractivity contribution in [1.29, 1.82) is 0 Å². The molecule has 0 saturated carbocycles. The number of piperidine rings is 1. The summed E-state index contributed by atoms with van der Waals surface area (Å²) in [7, 11) is 1.58. The average Bonchev–Trinajstić information content (AvgIpc) is 3.04. The van der Waals surface area contributed by atoms with Gasteiger partial charge in [-0.1, -0.05) is 12.1 Å². The number of aromatic nitrogens is 3. The number of nitrogens with zero attached hydrogens (tertiary/aromatic N) is 4. The van der Waals surface area contributed by atoms with E-state index in [1.165, 1.54) is 0 Å². The van der Waals surface area contributed by atoms with Gasteiger partial charge in [0, 0.05) is 32.4 Å². The quantitative estimate of drug-likeness (QED) is 0.667. The highest BCUT2D eigenvalue weighted by Gasteiger charge is 2.26. The molecule has 1 aromatic carbocycles. The first kappa shape index (κ1) is 19.2. The molecule has 0 N–H and O–H groups in total. The lowest BCUT2D eigenvalue weighted by Crippen LogP contribution is -2.40. The lowest BCUT2D eigenvalue weighted by molar-refractivity contribution is 0.0679. The number of likely N-dealkylation sites (tertiary alicyclic amines) is 1. The Kier molecular flexibility index (Phi) is 5.38. The van der Waals surface area contributed by atoms with E-state index in [-0.39, 0.29) is 11.6 Å². The molecule has 0 aliphatic carbocycles. The van der Waals surface area contributed by atoms with Crippen LogP contribution in [0.25, 0.3) is 11.2 Å². The molecule has 7 heteroatoms. The van der Waals surface area contributed by atoms with Crippen molar-refractivity contribution in [3.63, 3.8) is 0 Å². The van der Waals surface area contributed by atoms with E-state index >= 15 is 0 Å². The van der Waals surface area contributed by atoms with E-state index in [1.54, 1.807) is 28.5 Å². The number of carbonyl (C=O) groups excluding carboxylic acids is 1. The molecule has 0 spiro atoms. The minimum atomic E-state index is -0.00581. The molecule has 1 amide bonds. The van der Waals surface area contributed by atoms with Crippen LogP contribution in [0.3, 0.4) is 0 Å². The molecule has 2 aromatic heterocycles. The predicted octanol–water partition coefficient (Wildman–Crippen LogP) is 2.78. The first-order chi connectivity index (χ1) is 14.1. The number of fused-ring (bicyclic) bond motifs is 1. The number of pyridine rings is 1. The second kappa shape index (κ2) is 8.11. The highest BCUT2D eigenvalue weighted by atomic mass is 16.5. The van der Waals surface area contributed by atoms with Gasteiger partial charge in [-0.3, -0.25) is 13.9 Å². The number of carbonyl (C=O) groups is 1. The van der Waals surface area contributed by atoms with Gasteiger partial charge >= 0.3 is 5.69 Å². The first-order valence-electron chi connectivity index (χ1n) is 10.1. The largest absolute Gasteiger partial charge is 0.496 e. The normalized spacial score (nSPS) is 15.0. The Morgan fingerprint density at radius 3 is 2.62 bits per heavy atom. The molecule has 0 bridgehead atoms. The maximum absolute atomic E-state index is 12.9. The highest BCUT2D eigenvalue weighted by Crippen LogP contribution is 2.25. The molecule has 0 radical (unpaired) electrons. The van der Waals surface area contributed by atoms with E-state index in [9.17, 15) is 9.59 Å². The van der Waals surface area contributed by atoms with Gasteiger partial charge in [-0.15, -0.1) is 0 Å². The van der Waals surface area contributed by atoms with Crippen LogP contribution in [-0.2, 0) is 13.1 Å². The van der Waals surface area contributed by atoms with Crippen molar-refractivity contribution in [3.05, 3.63) is 58.6 Å². The van der Waals surface area contributed by atoms with Crippen molar-refractivity contribution in [3.8, 4) is 5.75 Å². The number of aryl methyl sites for hydroxylation is 1. The van der Waals surface area contributed by atoms with Gasteiger partial charge in [-0.2, -0.15) is 0 Å². The minimum Gasteiger partial charge on any atom is -0.496 e. The van der Waals surface area contributed by atoms with Gasteiger partial charge in [0.25, 0.3) is 5.91 Å². The minimum absolute atomic E-state index is 0.00215. The second-order valence-electron chi connectivity index (χ2n) is 7.42. The molecule has 0 unspecified atom stereocenters. The summed E-state index contributed by atoms with van der Waals surface area (Å²) in [5.74, 6) is 0.944. The summed E-state index contributed by atoms with van der Waals surface area (Å²) < 4.78 is 8.89. The highest BCUT2D eigenvalue weighted by molar-refractivity contribution is 5.97. The smallest absolute Gasteiger partial charge is 0.330 e. The third-order valence-corrected chi connectivity index (χ3v) is 5.77. The SMILES string of the molecule is CCn1c(=O)n(CC2CCN(C(=O)c3ccccc3OC)CC2)c2ncccc21. The Balaban J connectivity index is 1.47. The summed E-state index contributed by atoms with van der Waals surface area (Å²) in [5.41, 5.74) is 2.21. The Hall–Kier alpha value is -3.09. The number of hydrogen-bond acceptors (Lipinski definition) is 4.